The lowest BCUT2D eigenvalue weighted by atomic mass is 9.98. The number of ether oxygens (including phenoxy) is 1. The Kier molecular flexibility index (Phi) is 9.45. The van der Waals surface area contributed by atoms with Crippen LogP contribution in [0.5, 0.6) is 5.88 Å². The first-order valence-electron chi connectivity index (χ1n) is 9.71. The van der Waals surface area contributed by atoms with Gasteiger partial charge in [0.15, 0.2) is 5.96 Å². The lowest BCUT2D eigenvalue weighted by Gasteiger charge is -2.22. The van der Waals surface area contributed by atoms with Crippen LogP contribution < -0.4 is 15.4 Å². The first-order chi connectivity index (χ1) is 13.2. The van der Waals surface area contributed by atoms with Crippen LogP contribution in [0.3, 0.4) is 0 Å². The van der Waals surface area contributed by atoms with E-state index in [0.717, 1.165) is 36.7 Å². The van der Waals surface area contributed by atoms with Crippen LogP contribution in [0.1, 0.15) is 50.4 Å². The molecule has 1 saturated carbocycles. The first kappa shape index (κ1) is 22.4. The van der Waals surface area contributed by atoms with E-state index >= 15 is 0 Å². The predicted octanol–water partition coefficient (Wildman–Crippen LogP) is 2.79. The molecule has 0 saturated heterocycles. The number of halogens is 1. The minimum Gasteiger partial charge on any atom is -0.474 e. The summed E-state index contributed by atoms with van der Waals surface area (Å²) in [6.45, 7) is 3.94. The van der Waals surface area contributed by atoms with E-state index in [1.807, 2.05) is 32.3 Å². The number of aryl methyl sites for hydroxylation is 1. The van der Waals surface area contributed by atoms with Crippen molar-refractivity contribution in [2.45, 2.75) is 58.2 Å². The summed E-state index contributed by atoms with van der Waals surface area (Å²) in [5.41, 5.74) is 1.04. The molecule has 0 aliphatic heterocycles. The smallest absolute Gasteiger partial charge is 0.213 e. The average molecular weight is 499 g/mol. The van der Waals surface area contributed by atoms with Gasteiger partial charge in [-0.25, -0.2) is 15.0 Å². The molecule has 0 aromatic carbocycles. The summed E-state index contributed by atoms with van der Waals surface area (Å²) in [6.07, 6.45) is 9.81. The van der Waals surface area contributed by atoms with E-state index in [1.165, 1.54) is 19.3 Å². The molecule has 9 heteroatoms. The number of hydrogen-bond acceptors (Lipinski definition) is 5. The second-order valence-corrected chi connectivity index (χ2v) is 6.73. The van der Waals surface area contributed by atoms with Crippen molar-refractivity contribution in [2.75, 3.05) is 6.54 Å². The minimum atomic E-state index is 0. The van der Waals surface area contributed by atoms with E-state index in [9.17, 15) is 0 Å². The van der Waals surface area contributed by atoms with Crippen molar-refractivity contribution in [3.63, 3.8) is 0 Å². The zero-order valence-electron chi connectivity index (χ0n) is 16.6. The lowest BCUT2D eigenvalue weighted by Crippen LogP contribution is -2.37. The molecule has 0 bridgehead atoms. The van der Waals surface area contributed by atoms with E-state index in [2.05, 4.69) is 30.7 Å². The Morgan fingerprint density at radius 1 is 1.21 bits per heavy atom. The maximum atomic E-state index is 5.98. The minimum absolute atomic E-state index is 0. The van der Waals surface area contributed by atoms with E-state index in [1.54, 1.807) is 11.0 Å². The molecular formula is C19H30IN7O. The SMILES string of the molecule is CCNC(=NCc1ccc(OC2CCCCC2)nc1)NCc1ncnn1C.I. The Morgan fingerprint density at radius 3 is 2.68 bits per heavy atom. The van der Waals surface area contributed by atoms with E-state index in [-0.39, 0.29) is 24.0 Å². The number of hydrogen-bond donors (Lipinski definition) is 2. The largest absolute Gasteiger partial charge is 0.474 e. The first-order valence-corrected chi connectivity index (χ1v) is 9.71. The summed E-state index contributed by atoms with van der Waals surface area (Å²) >= 11 is 0. The fraction of sp³-hybridized carbons (Fsp3) is 0.579. The Hall–Kier alpha value is -1.91. The Labute approximate surface area is 183 Å². The van der Waals surface area contributed by atoms with Crippen LogP contribution in [0.2, 0.25) is 0 Å². The molecule has 1 aliphatic carbocycles. The average Bonchev–Trinajstić information content (AvgIpc) is 3.11. The topological polar surface area (TPSA) is 89.2 Å². The van der Waals surface area contributed by atoms with Crippen LogP contribution in [0.15, 0.2) is 29.6 Å². The molecule has 2 N–H and O–H groups in total. The van der Waals surface area contributed by atoms with Crippen LogP contribution in [-0.2, 0) is 20.1 Å². The number of pyridine rings is 1. The zero-order valence-corrected chi connectivity index (χ0v) is 18.9. The van der Waals surface area contributed by atoms with Gasteiger partial charge in [0.1, 0.15) is 18.3 Å². The van der Waals surface area contributed by atoms with Crippen molar-refractivity contribution in [3.8, 4) is 5.88 Å². The number of aromatic nitrogens is 4. The molecular weight excluding hydrogens is 469 g/mol. The van der Waals surface area contributed by atoms with Gasteiger partial charge in [-0.1, -0.05) is 12.5 Å². The Balaban J connectivity index is 0.00000280. The maximum absolute atomic E-state index is 5.98. The van der Waals surface area contributed by atoms with Crippen molar-refractivity contribution in [1.82, 2.24) is 30.4 Å². The van der Waals surface area contributed by atoms with Gasteiger partial charge in [-0.05, 0) is 38.2 Å². The summed E-state index contributed by atoms with van der Waals surface area (Å²) in [5, 5.41) is 10.6. The second kappa shape index (κ2) is 11.8. The standard InChI is InChI=1S/C19H29N7O.HI/c1-3-20-19(23-13-17-24-14-25-26(17)2)22-12-15-9-10-18(21-11-15)27-16-7-5-4-6-8-16;/h9-11,14,16H,3-8,12-13H2,1-2H3,(H2,20,22,23);1H. The fourth-order valence-electron chi connectivity index (χ4n) is 3.08. The second-order valence-electron chi connectivity index (χ2n) is 6.73. The summed E-state index contributed by atoms with van der Waals surface area (Å²) < 4.78 is 7.72. The van der Waals surface area contributed by atoms with Gasteiger partial charge in [-0.3, -0.25) is 4.68 Å². The van der Waals surface area contributed by atoms with E-state index < -0.39 is 0 Å². The number of aliphatic imine (C=N–C) groups is 1. The van der Waals surface area contributed by atoms with Gasteiger partial charge in [0, 0.05) is 25.9 Å². The molecule has 0 radical (unpaired) electrons. The quantitative estimate of drug-likeness (QED) is 0.346. The van der Waals surface area contributed by atoms with Crippen molar-refractivity contribution in [1.29, 1.82) is 0 Å². The molecule has 2 aromatic rings. The van der Waals surface area contributed by atoms with Crippen molar-refractivity contribution in [3.05, 3.63) is 36.0 Å². The third kappa shape index (κ3) is 6.92. The van der Waals surface area contributed by atoms with E-state index in [0.29, 0.717) is 25.1 Å². The van der Waals surface area contributed by atoms with Crippen LogP contribution in [0.4, 0.5) is 0 Å². The number of guanidine groups is 1. The molecule has 2 aromatic heterocycles. The Bertz CT molecular complexity index is 726. The van der Waals surface area contributed by atoms with Crippen molar-refractivity contribution >= 4 is 29.9 Å². The highest BCUT2D eigenvalue weighted by atomic mass is 127. The van der Waals surface area contributed by atoms with Crippen LogP contribution in [0, 0.1) is 0 Å². The molecule has 28 heavy (non-hydrogen) atoms. The molecule has 3 rings (SSSR count). The van der Waals surface area contributed by atoms with Crippen molar-refractivity contribution in [2.24, 2.45) is 12.0 Å². The molecule has 154 valence electrons. The van der Waals surface area contributed by atoms with Crippen LogP contribution >= 0.6 is 24.0 Å². The zero-order chi connectivity index (χ0) is 18.9. The summed E-state index contributed by atoms with van der Waals surface area (Å²) in [7, 11) is 1.87. The lowest BCUT2D eigenvalue weighted by molar-refractivity contribution is 0.148. The van der Waals surface area contributed by atoms with Gasteiger partial charge in [0.05, 0.1) is 13.1 Å². The summed E-state index contributed by atoms with van der Waals surface area (Å²) in [5.74, 6) is 2.30. The highest BCUT2D eigenvalue weighted by Crippen LogP contribution is 2.22. The fourth-order valence-corrected chi connectivity index (χ4v) is 3.08. The van der Waals surface area contributed by atoms with Gasteiger partial charge >= 0.3 is 0 Å². The van der Waals surface area contributed by atoms with E-state index in [4.69, 9.17) is 4.74 Å². The third-order valence-electron chi connectivity index (χ3n) is 4.62. The molecule has 0 amide bonds. The highest BCUT2D eigenvalue weighted by Gasteiger charge is 2.15. The normalized spacial score (nSPS) is 15.0. The molecule has 1 aliphatic rings. The molecule has 8 nitrogen and oxygen atoms in total. The summed E-state index contributed by atoms with van der Waals surface area (Å²) in [4.78, 5) is 13.3. The van der Waals surface area contributed by atoms with Gasteiger partial charge < -0.3 is 15.4 Å². The van der Waals surface area contributed by atoms with Crippen LogP contribution in [0.25, 0.3) is 0 Å². The maximum Gasteiger partial charge on any atom is 0.213 e. The predicted molar refractivity (Wildman–Crippen MR) is 120 cm³/mol. The number of nitrogens with one attached hydrogen (secondary N) is 2. The van der Waals surface area contributed by atoms with Crippen molar-refractivity contribution < 1.29 is 4.74 Å². The Morgan fingerprint density at radius 2 is 2.04 bits per heavy atom. The molecule has 0 atom stereocenters. The highest BCUT2D eigenvalue weighted by molar-refractivity contribution is 14.0. The van der Waals surface area contributed by atoms with Gasteiger partial charge in [-0.2, -0.15) is 5.10 Å². The molecule has 0 spiro atoms. The third-order valence-corrected chi connectivity index (χ3v) is 4.62. The summed E-state index contributed by atoms with van der Waals surface area (Å²) in [6, 6.07) is 3.97. The van der Waals surface area contributed by atoms with Crippen LogP contribution in [-0.4, -0.2) is 38.4 Å². The number of rotatable bonds is 7. The molecule has 1 fully saturated rings. The number of nitrogens with zero attached hydrogens (tertiary/aromatic N) is 5. The molecule has 0 unspecified atom stereocenters. The van der Waals surface area contributed by atoms with Gasteiger partial charge in [-0.15, -0.1) is 24.0 Å². The van der Waals surface area contributed by atoms with Gasteiger partial charge in [0.2, 0.25) is 5.88 Å². The van der Waals surface area contributed by atoms with Gasteiger partial charge in [0.25, 0.3) is 0 Å². The monoisotopic (exact) mass is 499 g/mol. The molecule has 2 heterocycles.